The van der Waals surface area contributed by atoms with Crippen LogP contribution in [0.3, 0.4) is 0 Å². The molecule has 0 unspecified atom stereocenters. The van der Waals surface area contributed by atoms with Crippen molar-refractivity contribution in [3.05, 3.63) is 60.4 Å². The number of amides is 1. The predicted molar refractivity (Wildman–Crippen MR) is 80.6 cm³/mol. The molecule has 22 heavy (non-hydrogen) atoms. The minimum absolute atomic E-state index is 0.137. The number of nitrogens with zero attached hydrogens (tertiary/aromatic N) is 5. The maximum atomic E-state index is 12.4. The molecule has 0 aliphatic carbocycles. The van der Waals surface area contributed by atoms with Crippen LogP contribution in [0.5, 0.6) is 0 Å². The first kappa shape index (κ1) is 14.0. The number of hydrogen-bond acceptors (Lipinski definition) is 4. The maximum absolute atomic E-state index is 12.4. The van der Waals surface area contributed by atoms with E-state index in [0.29, 0.717) is 24.4 Å². The summed E-state index contributed by atoms with van der Waals surface area (Å²) in [5.41, 5.74) is 1.33. The van der Waals surface area contributed by atoms with Gasteiger partial charge in [-0.15, -0.1) is 0 Å². The minimum atomic E-state index is -0.137. The van der Waals surface area contributed by atoms with Gasteiger partial charge in [-0.1, -0.05) is 12.1 Å². The van der Waals surface area contributed by atoms with Crippen LogP contribution in [-0.4, -0.2) is 37.0 Å². The van der Waals surface area contributed by atoms with E-state index in [1.165, 1.54) is 0 Å². The number of aromatic nitrogens is 5. The smallest absolute Gasteiger partial charge is 0.253 e. The van der Waals surface area contributed by atoms with Crippen LogP contribution in [0.25, 0.3) is 5.69 Å². The first-order valence-electron chi connectivity index (χ1n) is 6.96. The summed E-state index contributed by atoms with van der Waals surface area (Å²) in [4.78, 5) is 16.5. The Morgan fingerprint density at radius 1 is 1.27 bits per heavy atom. The molecule has 0 spiro atoms. The number of benzene rings is 1. The lowest BCUT2D eigenvalue weighted by atomic mass is 10.1. The second-order valence-electron chi connectivity index (χ2n) is 4.81. The van der Waals surface area contributed by atoms with Crippen LogP contribution >= 0.6 is 0 Å². The van der Waals surface area contributed by atoms with Crippen molar-refractivity contribution >= 4 is 5.91 Å². The standard InChI is InChI=1S/C15H16N6O/c1-20-11-17-14(19-20)7-9-16-15(22)12-5-2-3-6-13(12)21-10-4-8-18-21/h2-6,8,10-11H,7,9H2,1H3,(H,16,22). The minimum Gasteiger partial charge on any atom is -0.352 e. The molecule has 1 aromatic carbocycles. The molecule has 7 heteroatoms. The number of carbonyl (C=O) groups is 1. The van der Waals surface area contributed by atoms with Gasteiger partial charge < -0.3 is 5.32 Å². The molecule has 2 aromatic heterocycles. The highest BCUT2D eigenvalue weighted by atomic mass is 16.1. The van der Waals surface area contributed by atoms with Gasteiger partial charge in [0.2, 0.25) is 0 Å². The topological polar surface area (TPSA) is 77.6 Å². The second-order valence-corrected chi connectivity index (χ2v) is 4.81. The van der Waals surface area contributed by atoms with Crippen LogP contribution in [0.15, 0.2) is 49.1 Å². The summed E-state index contributed by atoms with van der Waals surface area (Å²) in [5, 5.41) is 11.2. The van der Waals surface area contributed by atoms with Gasteiger partial charge in [-0.2, -0.15) is 10.2 Å². The van der Waals surface area contributed by atoms with Gasteiger partial charge >= 0.3 is 0 Å². The molecule has 112 valence electrons. The largest absolute Gasteiger partial charge is 0.352 e. The van der Waals surface area contributed by atoms with E-state index in [-0.39, 0.29) is 5.91 Å². The van der Waals surface area contributed by atoms with Gasteiger partial charge in [0.15, 0.2) is 5.82 Å². The number of aryl methyl sites for hydroxylation is 1. The van der Waals surface area contributed by atoms with E-state index in [1.807, 2.05) is 37.5 Å². The molecule has 0 fully saturated rings. The van der Waals surface area contributed by atoms with Gasteiger partial charge in [-0.3, -0.25) is 9.48 Å². The van der Waals surface area contributed by atoms with Gasteiger partial charge in [0.1, 0.15) is 6.33 Å². The Labute approximate surface area is 127 Å². The molecule has 0 radical (unpaired) electrons. The molecule has 7 nitrogen and oxygen atoms in total. The summed E-state index contributed by atoms with van der Waals surface area (Å²) in [6, 6.07) is 9.18. The van der Waals surface area contributed by atoms with Crippen molar-refractivity contribution in [2.45, 2.75) is 6.42 Å². The highest BCUT2D eigenvalue weighted by Gasteiger charge is 2.12. The summed E-state index contributed by atoms with van der Waals surface area (Å²) in [6.07, 6.45) is 5.73. The van der Waals surface area contributed by atoms with E-state index >= 15 is 0 Å². The van der Waals surface area contributed by atoms with E-state index in [4.69, 9.17) is 0 Å². The normalized spacial score (nSPS) is 10.6. The molecule has 0 atom stereocenters. The summed E-state index contributed by atoms with van der Waals surface area (Å²) in [6.45, 7) is 0.482. The molecule has 1 amide bonds. The van der Waals surface area contributed by atoms with Crippen molar-refractivity contribution in [1.82, 2.24) is 29.9 Å². The molecule has 0 saturated carbocycles. The van der Waals surface area contributed by atoms with Crippen LogP contribution in [0, 0.1) is 0 Å². The number of para-hydroxylation sites is 1. The van der Waals surface area contributed by atoms with E-state index in [1.54, 1.807) is 28.0 Å². The van der Waals surface area contributed by atoms with Crippen molar-refractivity contribution in [1.29, 1.82) is 0 Å². The van der Waals surface area contributed by atoms with Crippen LogP contribution < -0.4 is 5.32 Å². The first-order valence-corrected chi connectivity index (χ1v) is 6.96. The zero-order valence-corrected chi connectivity index (χ0v) is 12.2. The Morgan fingerprint density at radius 3 is 2.86 bits per heavy atom. The highest BCUT2D eigenvalue weighted by Crippen LogP contribution is 2.13. The average molecular weight is 296 g/mol. The Bertz CT molecular complexity index is 762. The number of hydrogen-bond donors (Lipinski definition) is 1. The highest BCUT2D eigenvalue weighted by molar-refractivity contribution is 5.97. The third kappa shape index (κ3) is 3.03. The van der Waals surface area contributed by atoms with Crippen molar-refractivity contribution in [2.24, 2.45) is 7.05 Å². The number of nitrogens with one attached hydrogen (secondary N) is 1. The Hall–Kier alpha value is -2.96. The van der Waals surface area contributed by atoms with E-state index < -0.39 is 0 Å². The Kier molecular flexibility index (Phi) is 3.95. The van der Waals surface area contributed by atoms with Gasteiger partial charge in [-0.25, -0.2) is 9.67 Å². The average Bonchev–Trinajstić information content (AvgIpc) is 3.19. The van der Waals surface area contributed by atoms with Crippen LogP contribution in [0.2, 0.25) is 0 Å². The number of rotatable bonds is 5. The molecule has 0 bridgehead atoms. The molecule has 1 N–H and O–H groups in total. The Morgan fingerprint density at radius 2 is 2.14 bits per heavy atom. The fraction of sp³-hybridized carbons (Fsp3) is 0.200. The van der Waals surface area contributed by atoms with Crippen molar-refractivity contribution in [2.75, 3.05) is 6.54 Å². The lowest BCUT2D eigenvalue weighted by Crippen LogP contribution is -2.27. The summed E-state index contributed by atoms with van der Waals surface area (Å²) >= 11 is 0. The van der Waals surface area contributed by atoms with E-state index in [9.17, 15) is 4.79 Å². The quantitative estimate of drug-likeness (QED) is 0.761. The third-order valence-corrected chi connectivity index (χ3v) is 3.18. The first-order chi connectivity index (χ1) is 10.7. The molecule has 0 aliphatic rings. The predicted octanol–water partition coefficient (Wildman–Crippen LogP) is 0.973. The van der Waals surface area contributed by atoms with Crippen molar-refractivity contribution in [3.63, 3.8) is 0 Å². The zero-order chi connectivity index (χ0) is 15.4. The van der Waals surface area contributed by atoms with Crippen LogP contribution in [0.4, 0.5) is 0 Å². The number of carbonyl (C=O) groups excluding carboxylic acids is 1. The molecule has 0 aliphatic heterocycles. The lowest BCUT2D eigenvalue weighted by molar-refractivity contribution is 0.0954. The SMILES string of the molecule is Cn1cnc(CCNC(=O)c2ccccc2-n2cccn2)n1. The molecule has 3 aromatic rings. The molecule has 0 saturated heterocycles. The van der Waals surface area contributed by atoms with Crippen molar-refractivity contribution < 1.29 is 4.79 Å². The van der Waals surface area contributed by atoms with Gasteiger partial charge in [0, 0.05) is 32.4 Å². The van der Waals surface area contributed by atoms with Gasteiger partial charge in [0.05, 0.1) is 11.3 Å². The van der Waals surface area contributed by atoms with Gasteiger partial charge in [-0.05, 0) is 18.2 Å². The lowest BCUT2D eigenvalue weighted by Gasteiger charge is -2.09. The van der Waals surface area contributed by atoms with Crippen LogP contribution in [-0.2, 0) is 13.5 Å². The Balaban J connectivity index is 1.68. The van der Waals surface area contributed by atoms with Gasteiger partial charge in [0.25, 0.3) is 5.91 Å². The fourth-order valence-electron chi connectivity index (χ4n) is 2.16. The fourth-order valence-corrected chi connectivity index (χ4v) is 2.16. The molecular formula is C15H16N6O. The molecule has 2 heterocycles. The maximum Gasteiger partial charge on any atom is 0.253 e. The molecule has 3 rings (SSSR count). The van der Waals surface area contributed by atoms with E-state index in [2.05, 4.69) is 20.5 Å². The second kappa shape index (κ2) is 6.21. The zero-order valence-electron chi connectivity index (χ0n) is 12.2. The van der Waals surface area contributed by atoms with Crippen LogP contribution in [0.1, 0.15) is 16.2 Å². The summed E-state index contributed by atoms with van der Waals surface area (Å²) in [7, 11) is 1.81. The molecular weight excluding hydrogens is 280 g/mol. The monoisotopic (exact) mass is 296 g/mol. The summed E-state index contributed by atoms with van der Waals surface area (Å²) < 4.78 is 3.32. The third-order valence-electron chi connectivity index (χ3n) is 3.18. The van der Waals surface area contributed by atoms with E-state index in [0.717, 1.165) is 5.69 Å². The summed E-state index contributed by atoms with van der Waals surface area (Å²) in [5.74, 6) is 0.574. The van der Waals surface area contributed by atoms with Crippen molar-refractivity contribution in [3.8, 4) is 5.69 Å².